The summed E-state index contributed by atoms with van der Waals surface area (Å²) in [4.78, 5) is 48.8. The van der Waals surface area contributed by atoms with E-state index in [-0.39, 0.29) is 14.4 Å². The van der Waals surface area contributed by atoms with Gasteiger partial charge in [-0.3, -0.25) is 19.2 Å². The predicted molar refractivity (Wildman–Crippen MR) is 367 cm³/mol. The Morgan fingerprint density at radius 1 is 0.511 bits per heavy atom. The molecule has 1 atom stereocenters. The van der Waals surface area contributed by atoms with Crippen molar-refractivity contribution in [1.29, 1.82) is 0 Å². The Morgan fingerprint density at radius 3 is 0.795 bits per heavy atom. The first-order chi connectivity index (χ1) is 41.7. The van der Waals surface area contributed by atoms with Crippen LogP contribution in [-0.2, 0) is 66.4 Å². The summed E-state index contributed by atoms with van der Waals surface area (Å²) in [5, 5.41) is 2.39. The number of carbonyl (C=O) groups excluding carboxylic acids is 4. The van der Waals surface area contributed by atoms with Crippen LogP contribution in [0.15, 0.2) is 0 Å². The molecular weight excluding hydrogens is 1140 g/mol. The molecule has 0 radical (unpaired) electrons. The highest BCUT2D eigenvalue weighted by molar-refractivity contribution is 7.22. The van der Waals surface area contributed by atoms with Crippen molar-refractivity contribution in [3.63, 3.8) is 0 Å². The molecule has 88 heavy (non-hydrogen) atoms. The minimum atomic E-state index is -0.167. The van der Waals surface area contributed by atoms with Crippen molar-refractivity contribution in [2.45, 2.75) is 235 Å². The van der Waals surface area contributed by atoms with E-state index in [1.165, 1.54) is 116 Å². The van der Waals surface area contributed by atoms with Gasteiger partial charge in [0.15, 0.2) is 0 Å². The second-order valence-corrected chi connectivity index (χ2v) is 25.0. The van der Waals surface area contributed by atoms with Gasteiger partial charge in [0.2, 0.25) is 23.6 Å². The SMILES string of the molecule is CC(C)C.CC1CC1.CC1CCC1.CC1COC1.CCOC.CN1CCC1.CN1CCCC1=O.CN1CCCC1=O.CN1CCCC1=O.CNC(C)=O.COC.COC(C)C.COC1CC1.COC1CCC1.COC1CCCC1.COC1COC1.C[PH+]=O. The average molecular weight is 1290 g/mol. The molecule has 11 rings (SSSR count). The molecule has 11 aliphatic rings. The molecule has 0 spiro atoms. The standard InChI is InChI=1S/C6H12O.3C5H9NO.C5H10O.C5H10.C4H9N.C4H8O2.2C4H8O.C4H10O.C4H8.C4H10.C3H7NO.C3H8O.C2H6O.CH3OP/c1-7-6-4-2-3-5-6;3*1-6-4-2-3-5(6)7;1-6-5-3-2-4-5;2*1-5-3-2-4-5;1-5-4-2-6-3-4;1-4-2-5-3-4;1-5-4-2-3-4;1-4(2)5-3;1-4-2-3-4;1-4(2)3;1-3(5)4-2;1-3-4-2;2*1-3-2/h6H,2-5H2,1H3;3*2-4H2,1H3;5H,2-4H2,1H3;5H,2-4H2,1H3;2-4H2,1H3;4H,2-3H2,1H3;2*4H,2-3H2,1H3;4H,1-3H3;4H,2-3H2,1H3;4H,1-3H3;1-2H3,(H,4,5);3H2,1-2H3;1-2H3;1H3/p+1. The molecular formula is C68H145N5O14P+. The predicted octanol–water partition coefficient (Wildman–Crippen LogP) is 12.5. The second-order valence-electron chi connectivity index (χ2n) is 24.5. The number of amides is 4. The molecule has 19 nitrogen and oxygen atoms in total. The summed E-state index contributed by atoms with van der Waals surface area (Å²) in [6, 6.07) is 0. The molecule has 6 heterocycles. The molecule has 0 aromatic heterocycles. The van der Waals surface area contributed by atoms with Crippen molar-refractivity contribution in [2.24, 2.45) is 23.7 Å². The van der Waals surface area contributed by atoms with Crippen LogP contribution in [0.4, 0.5) is 0 Å². The summed E-state index contributed by atoms with van der Waals surface area (Å²) >= 11 is 0. The molecule has 530 valence electrons. The van der Waals surface area contributed by atoms with E-state index in [1.807, 2.05) is 41.9 Å². The lowest BCUT2D eigenvalue weighted by Crippen LogP contribution is -2.34. The third kappa shape index (κ3) is 81.6. The molecule has 5 saturated carbocycles. The van der Waals surface area contributed by atoms with Gasteiger partial charge in [0.25, 0.3) is 0 Å². The molecule has 0 aromatic rings. The van der Waals surface area contributed by atoms with Gasteiger partial charge >= 0.3 is 8.46 Å². The van der Waals surface area contributed by atoms with Crippen molar-refractivity contribution in [3.05, 3.63) is 0 Å². The van der Waals surface area contributed by atoms with Crippen molar-refractivity contribution < 1.29 is 66.4 Å². The Labute approximate surface area is 544 Å². The van der Waals surface area contributed by atoms with Gasteiger partial charge in [-0.15, -0.1) is 0 Å². The number of ether oxygens (including phenoxy) is 9. The zero-order valence-corrected chi connectivity index (χ0v) is 62.6. The molecule has 11 fully saturated rings. The van der Waals surface area contributed by atoms with Crippen molar-refractivity contribution >= 4 is 32.1 Å². The van der Waals surface area contributed by atoms with E-state index in [1.54, 1.807) is 85.3 Å². The summed E-state index contributed by atoms with van der Waals surface area (Å²) < 4.78 is 52.0. The van der Waals surface area contributed by atoms with E-state index in [0.29, 0.717) is 48.2 Å². The highest BCUT2D eigenvalue weighted by Crippen LogP contribution is 2.27. The fourth-order valence-electron chi connectivity index (χ4n) is 6.34. The van der Waals surface area contributed by atoms with Crippen LogP contribution in [-0.4, -0.2) is 238 Å². The average Bonchev–Trinajstić information content (AvgIpc) is 4.24. The van der Waals surface area contributed by atoms with Gasteiger partial charge in [-0.25, -0.2) is 0 Å². The van der Waals surface area contributed by atoms with E-state index >= 15 is 0 Å². The Morgan fingerprint density at radius 2 is 0.761 bits per heavy atom. The summed E-state index contributed by atoms with van der Waals surface area (Å²) in [5.41, 5.74) is 0. The zero-order chi connectivity index (χ0) is 68.5. The highest BCUT2D eigenvalue weighted by Gasteiger charge is 2.20. The van der Waals surface area contributed by atoms with E-state index < -0.39 is 0 Å². The van der Waals surface area contributed by atoms with Crippen LogP contribution < -0.4 is 5.32 Å². The molecule has 0 aromatic carbocycles. The van der Waals surface area contributed by atoms with Crippen LogP contribution in [0.1, 0.15) is 204 Å². The van der Waals surface area contributed by atoms with Gasteiger partial charge in [-0.05, 0) is 129 Å². The first kappa shape index (κ1) is 96.7. The van der Waals surface area contributed by atoms with Gasteiger partial charge in [-0.1, -0.05) is 91.1 Å². The maximum atomic E-state index is 10.5. The lowest BCUT2D eigenvalue weighted by atomic mass is 9.88. The third-order valence-corrected chi connectivity index (χ3v) is 14.0. The Hall–Kier alpha value is -2.42. The normalized spacial score (nSPS) is 19.2. The number of hydrogen-bond acceptors (Lipinski definition) is 15. The van der Waals surface area contributed by atoms with Gasteiger partial charge in [0, 0.05) is 143 Å². The Balaban J connectivity index is -0.000000204. The van der Waals surface area contributed by atoms with Crippen molar-refractivity contribution in [3.8, 4) is 0 Å². The minimum Gasteiger partial charge on any atom is -0.388 e. The number of nitrogens with one attached hydrogen (secondary N) is 1. The van der Waals surface area contributed by atoms with Gasteiger partial charge in [-0.2, -0.15) is 0 Å². The fourth-order valence-corrected chi connectivity index (χ4v) is 6.34. The number of rotatable bonds is 6. The quantitative estimate of drug-likeness (QED) is 0.247. The number of hydrogen-bond donors (Lipinski definition) is 1. The monoisotopic (exact) mass is 1290 g/mol. The van der Waals surface area contributed by atoms with Crippen LogP contribution in [0.3, 0.4) is 0 Å². The molecule has 4 amide bonds. The zero-order valence-electron chi connectivity index (χ0n) is 61.6. The van der Waals surface area contributed by atoms with Crippen LogP contribution in [0, 0.1) is 23.7 Å². The molecule has 1 unspecified atom stereocenters. The number of carbonyl (C=O) groups is 4. The second kappa shape index (κ2) is 72.0. The fraction of sp³-hybridized carbons (Fsp3) is 0.941. The third-order valence-electron chi connectivity index (χ3n) is 14.0. The van der Waals surface area contributed by atoms with Gasteiger partial charge < -0.3 is 67.5 Å². The highest BCUT2D eigenvalue weighted by atomic mass is 31.1. The van der Waals surface area contributed by atoms with Crippen LogP contribution in [0.2, 0.25) is 0 Å². The molecule has 5 aliphatic carbocycles. The molecule has 6 saturated heterocycles. The Kier molecular flexibility index (Phi) is 79.1. The van der Waals surface area contributed by atoms with E-state index in [0.717, 1.165) is 115 Å². The smallest absolute Gasteiger partial charge is 0.321 e. The van der Waals surface area contributed by atoms with Gasteiger partial charge in [0.1, 0.15) is 12.8 Å². The van der Waals surface area contributed by atoms with E-state index in [9.17, 15) is 19.2 Å². The first-order valence-corrected chi connectivity index (χ1v) is 34.7. The lowest BCUT2D eigenvalue weighted by Gasteiger charge is -2.24. The van der Waals surface area contributed by atoms with Crippen molar-refractivity contribution in [2.75, 3.05) is 165 Å². The van der Waals surface area contributed by atoms with Crippen molar-refractivity contribution in [1.82, 2.24) is 24.9 Å². The van der Waals surface area contributed by atoms with E-state index in [4.69, 9.17) is 37.7 Å². The Bertz CT molecular complexity index is 1360. The molecule has 6 aliphatic heterocycles. The summed E-state index contributed by atoms with van der Waals surface area (Å²) in [5.74, 6) is 4.70. The number of nitrogens with zero attached hydrogens (tertiary/aromatic N) is 4. The maximum Gasteiger partial charge on any atom is 0.321 e. The molecule has 20 heteroatoms. The summed E-state index contributed by atoms with van der Waals surface area (Å²) in [6.45, 7) is 32.2. The lowest BCUT2D eigenvalue weighted by molar-refractivity contribution is -0.127. The molecule has 0 bridgehead atoms. The summed E-state index contributed by atoms with van der Waals surface area (Å²) in [6.07, 6.45) is 28.8. The summed E-state index contributed by atoms with van der Waals surface area (Å²) in [7, 11) is 22.8. The minimum absolute atomic E-state index is 0.00463. The van der Waals surface area contributed by atoms with Crippen LogP contribution >= 0.6 is 8.46 Å². The number of methoxy groups -OCH3 is 7. The van der Waals surface area contributed by atoms with Gasteiger partial charge in [0.05, 0.1) is 50.8 Å². The van der Waals surface area contributed by atoms with E-state index in [2.05, 4.69) is 68.3 Å². The van der Waals surface area contributed by atoms with Crippen LogP contribution in [0.5, 0.6) is 0 Å². The van der Waals surface area contributed by atoms with Crippen LogP contribution in [0.25, 0.3) is 0 Å². The number of likely N-dealkylation sites (tertiary alicyclic amines) is 4. The maximum absolute atomic E-state index is 10.5. The topological polar surface area (TPSA) is 193 Å². The first-order valence-electron chi connectivity index (χ1n) is 33.3. The molecule has 1 N–H and O–H groups in total. The largest absolute Gasteiger partial charge is 0.388 e.